The summed E-state index contributed by atoms with van der Waals surface area (Å²) in [6, 6.07) is 8.39. The number of aryl methyl sites for hydroxylation is 1. The lowest BCUT2D eigenvalue weighted by molar-refractivity contribution is -0.128. The van der Waals surface area contributed by atoms with E-state index < -0.39 is 0 Å². The van der Waals surface area contributed by atoms with E-state index in [1.165, 1.54) is 0 Å². The van der Waals surface area contributed by atoms with E-state index >= 15 is 0 Å². The van der Waals surface area contributed by atoms with Gasteiger partial charge in [0, 0.05) is 56.1 Å². The second kappa shape index (κ2) is 9.53. The number of piperazine rings is 1. The van der Waals surface area contributed by atoms with Crippen LogP contribution in [0.5, 0.6) is 0 Å². The van der Waals surface area contributed by atoms with Gasteiger partial charge in [-0.1, -0.05) is 0 Å². The fraction of sp³-hybridized carbons (Fsp3) is 0.640. The number of hydrogen-bond acceptors (Lipinski definition) is 7. The molecule has 0 radical (unpaired) electrons. The molecule has 9 heteroatoms. The van der Waals surface area contributed by atoms with Gasteiger partial charge in [-0.15, -0.1) is 0 Å². The second-order valence-corrected chi connectivity index (χ2v) is 10.2. The number of nitriles is 1. The number of hydrazine groups is 1. The lowest BCUT2D eigenvalue weighted by Crippen LogP contribution is -2.52. The summed E-state index contributed by atoms with van der Waals surface area (Å²) in [7, 11) is 2.08. The van der Waals surface area contributed by atoms with Crippen molar-refractivity contribution < 1.29 is 9.59 Å². The lowest BCUT2D eigenvalue weighted by Gasteiger charge is -2.34. The molecule has 3 heterocycles. The van der Waals surface area contributed by atoms with Crippen molar-refractivity contribution in [3.05, 3.63) is 29.3 Å². The molecule has 4 aliphatic rings. The molecule has 4 atom stereocenters. The van der Waals surface area contributed by atoms with Crippen molar-refractivity contribution in [3.63, 3.8) is 0 Å². The molecule has 0 spiro atoms. The molecule has 2 amide bonds. The van der Waals surface area contributed by atoms with Crippen molar-refractivity contribution in [2.75, 3.05) is 45.1 Å². The van der Waals surface area contributed by atoms with Crippen LogP contribution in [0.25, 0.3) is 0 Å². The molecule has 5 rings (SSSR count). The summed E-state index contributed by atoms with van der Waals surface area (Å²) in [6.07, 6.45) is 3.37. The molecule has 1 aromatic rings. The molecule has 0 aromatic heterocycles. The predicted octanol–water partition coefficient (Wildman–Crippen LogP) is 1.14. The van der Waals surface area contributed by atoms with E-state index in [1.807, 2.05) is 30.0 Å². The minimum Gasteiger partial charge on any atom is -0.368 e. The topological polar surface area (TPSA) is 104 Å². The number of carbonyl (C=O) groups is 2. The van der Waals surface area contributed by atoms with E-state index in [0.717, 1.165) is 62.3 Å². The molecular weight excluding hydrogens is 430 g/mol. The number of hydrogen-bond donors (Lipinski definition) is 3. The molecule has 3 N–H and O–H groups in total. The van der Waals surface area contributed by atoms with Crippen LogP contribution >= 0.6 is 0 Å². The highest BCUT2D eigenvalue weighted by molar-refractivity contribution is 5.96. The Labute approximate surface area is 201 Å². The molecule has 3 aliphatic heterocycles. The minimum atomic E-state index is -0.260. The van der Waals surface area contributed by atoms with Crippen molar-refractivity contribution in [1.82, 2.24) is 25.6 Å². The van der Waals surface area contributed by atoms with Crippen molar-refractivity contribution >= 4 is 17.5 Å². The molecule has 1 aliphatic carbocycles. The molecule has 1 aromatic carbocycles. The number of amides is 2. The van der Waals surface area contributed by atoms with Crippen molar-refractivity contribution in [2.24, 2.45) is 11.8 Å². The summed E-state index contributed by atoms with van der Waals surface area (Å²) in [5, 5.41) is 18.1. The van der Waals surface area contributed by atoms with Crippen LogP contribution in [0, 0.1) is 30.1 Å². The van der Waals surface area contributed by atoms with Gasteiger partial charge >= 0.3 is 0 Å². The van der Waals surface area contributed by atoms with E-state index in [4.69, 9.17) is 0 Å². The molecule has 0 bridgehead atoms. The number of nitrogens with zero attached hydrogens (tertiary/aromatic N) is 4. The zero-order valence-corrected chi connectivity index (χ0v) is 20.1. The molecule has 3 unspecified atom stereocenters. The van der Waals surface area contributed by atoms with E-state index in [0.29, 0.717) is 18.9 Å². The number of fused-ring (bicyclic) bond motifs is 1. The normalized spacial score (nSPS) is 28.7. The number of anilines is 1. The van der Waals surface area contributed by atoms with Crippen molar-refractivity contribution in [2.45, 2.75) is 50.9 Å². The smallest absolute Gasteiger partial charge is 0.254 e. The number of benzene rings is 1. The zero-order valence-electron chi connectivity index (χ0n) is 20.1. The molecule has 4 fully saturated rings. The highest BCUT2D eigenvalue weighted by Crippen LogP contribution is 2.41. The van der Waals surface area contributed by atoms with Gasteiger partial charge in [-0.25, -0.2) is 10.4 Å². The fourth-order valence-corrected chi connectivity index (χ4v) is 5.72. The molecular formula is C25H35N7O2. The Balaban J connectivity index is 1.32. The fourth-order valence-electron chi connectivity index (χ4n) is 5.72. The summed E-state index contributed by atoms with van der Waals surface area (Å²) in [5.41, 5.74) is 6.10. The lowest BCUT2D eigenvalue weighted by atomic mass is 9.90. The van der Waals surface area contributed by atoms with Gasteiger partial charge in [-0.3, -0.25) is 9.59 Å². The third-order valence-electron chi connectivity index (χ3n) is 7.85. The standard InChI is InChI=1S/C25H35N7O2/c1-16-15-18(5-6-19(16)25(34)31-13-11-30(2)12-14-31)28-23-22-21(8-10-27-24(22)33)32(29-23)20(7-9-26)17-3-4-17/h5-6,15,17,20-23,28-29H,3-4,7-8,10-14H2,1-2H3,(H,27,33)/t20-,21?,22?,23?/m0/s1. The summed E-state index contributed by atoms with van der Waals surface area (Å²) in [5.74, 6) is 0.422. The third kappa shape index (κ3) is 4.50. The Morgan fingerprint density at radius 3 is 2.68 bits per heavy atom. The molecule has 34 heavy (non-hydrogen) atoms. The number of carbonyl (C=O) groups excluding carboxylic acids is 2. The molecule has 182 valence electrons. The predicted molar refractivity (Wildman–Crippen MR) is 129 cm³/mol. The summed E-state index contributed by atoms with van der Waals surface area (Å²) in [6.45, 7) is 5.92. The first-order valence-corrected chi connectivity index (χ1v) is 12.5. The Morgan fingerprint density at radius 2 is 2.00 bits per heavy atom. The van der Waals surface area contributed by atoms with Crippen LogP contribution in [-0.4, -0.2) is 84.6 Å². The van der Waals surface area contributed by atoms with Gasteiger partial charge in [0.05, 0.1) is 18.4 Å². The van der Waals surface area contributed by atoms with Gasteiger partial charge in [-0.2, -0.15) is 5.26 Å². The zero-order chi connectivity index (χ0) is 23.8. The number of rotatable bonds is 6. The highest BCUT2D eigenvalue weighted by atomic mass is 16.2. The van der Waals surface area contributed by atoms with E-state index in [9.17, 15) is 14.9 Å². The Hall–Kier alpha value is -2.67. The van der Waals surface area contributed by atoms with E-state index in [-0.39, 0.29) is 36.0 Å². The maximum absolute atomic E-state index is 13.1. The average molecular weight is 466 g/mol. The van der Waals surface area contributed by atoms with Crippen LogP contribution in [0.1, 0.15) is 41.6 Å². The summed E-state index contributed by atoms with van der Waals surface area (Å²) in [4.78, 5) is 30.1. The maximum atomic E-state index is 13.1. The Bertz CT molecular complexity index is 980. The first-order valence-electron chi connectivity index (χ1n) is 12.5. The van der Waals surface area contributed by atoms with Crippen LogP contribution < -0.4 is 16.1 Å². The average Bonchev–Trinajstić information content (AvgIpc) is 3.60. The van der Waals surface area contributed by atoms with Gasteiger partial charge < -0.3 is 20.4 Å². The number of piperidine rings is 1. The monoisotopic (exact) mass is 465 g/mol. The van der Waals surface area contributed by atoms with E-state index in [1.54, 1.807) is 0 Å². The van der Waals surface area contributed by atoms with Gasteiger partial charge in [0.25, 0.3) is 5.91 Å². The number of nitrogens with one attached hydrogen (secondary N) is 3. The molecule has 9 nitrogen and oxygen atoms in total. The third-order valence-corrected chi connectivity index (χ3v) is 7.85. The van der Waals surface area contributed by atoms with Crippen LogP contribution in [0.3, 0.4) is 0 Å². The number of likely N-dealkylation sites (N-methyl/N-ethyl adjacent to an activating group) is 1. The summed E-state index contributed by atoms with van der Waals surface area (Å²) < 4.78 is 0. The first kappa shape index (κ1) is 23.1. The molecule has 3 saturated heterocycles. The highest BCUT2D eigenvalue weighted by Gasteiger charge is 2.51. The maximum Gasteiger partial charge on any atom is 0.254 e. The largest absolute Gasteiger partial charge is 0.368 e. The van der Waals surface area contributed by atoms with Gasteiger partial charge in [0.2, 0.25) is 5.91 Å². The van der Waals surface area contributed by atoms with Crippen LogP contribution in [0.2, 0.25) is 0 Å². The molecule has 1 saturated carbocycles. The summed E-state index contributed by atoms with van der Waals surface area (Å²) >= 11 is 0. The van der Waals surface area contributed by atoms with Crippen LogP contribution in [-0.2, 0) is 4.79 Å². The second-order valence-electron chi connectivity index (χ2n) is 10.2. The Morgan fingerprint density at radius 1 is 1.24 bits per heavy atom. The van der Waals surface area contributed by atoms with Crippen LogP contribution in [0.15, 0.2) is 18.2 Å². The van der Waals surface area contributed by atoms with Crippen molar-refractivity contribution in [1.29, 1.82) is 5.26 Å². The van der Waals surface area contributed by atoms with Crippen LogP contribution in [0.4, 0.5) is 5.69 Å². The van der Waals surface area contributed by atoms with E-state index in [2.05, 4.69) is 39.1 Å². The SMILES string of the molecule is Cc1cc(NC2NN([C@@H](CC#N)C3CC3)C3CCNC(=O)C23)ccc1C(=O)N1CCN(C)CC1. The van der Waals surface area contributed by atoms with Gasteiger partial charge in [0.1, 0.15) is 6.17 Å². The van der Waals surface area contributed by atoms with Crippen molar-refractivity contribution in [3.8, 4) is 6.07 Å². The Kier molecular flexibility index (Phi) is 6.47. The first-order chi connectivity index (χ1) is 16.5. The van der Waals surface area contributed by atoms with Gasteiger partial charge in [0.15, 0.2) is 0 Å². The quantitative estimate of drug-likeness (QED) is 0.579. The minimum absolute atomic E-state index is 0.0499. The van der Waals surface area contributed by atoms with Gasteiger partial charge in [-0.05, 0) is 62.9 Å².